The van der Waals surface area contributed by atoms with E-state index in [1.807, 2.05) is 13.0 Å². The van der Waals surface area contributed by atoms with E-state index < -0.39 is 6.43 Å². The molecule has 2 saturated carbocycles. The Hall–Kier alpha value is -1.12. The molecule has 0 radical (unpaired) electrons. The summed E-state index contributed by atoms with van der Waals surface area (Å²) >= 11 is 0. The van der Waals surface area contributed by atoms with Crippen molar-refractivity contribution in [3.63, 3.8) is 0 Å². The molecule has 1 aromatic carbocycles. The average Bonchev–Trinajstić information content (AvgIpc) is 2.69. The molecule has 152 valence electrons. The second kappa shape index (κ2) is 9.89. The van der Waals surface area contributed by atoms with E-state index in [2.05, 4.69) is 6.92 Å². The van der Waals surface area contributed by atoms with Crippen LogP contribution in [0.1, 0.15) is 102 Å². The van der Waals surface area contributed by atoms with Gasteiger partial charge in [0, 0.05) is 0 Å². The highest BCUT2D eigenvalue weighted by atomic mass is 19.3. The number of hydrogen-bond acceptors (Lipinski definition) is 1. The summed E-state index contributed by atoms with van der Waals surface area (Å²) in [5.74, 6) is 3.52. The fourth-order valence-corrected chi connectivity index (χ4v) is 5.56. The van der Waals surface area contributed by atoms with Crippen molar-refractivity contribution in [3.8, 4) is 5.75 Å². The maximum atomic E-state index is 13.4. The lowest BCUT2D eigenvalue weighted by atomic mass is 9.68. The topological polar surface area (TPSA) is 9.23 Å². The summed E-state index contributed by atoms with van der Waals surface area (Å²) < 4.78 is 32.2. The Bertz CT molecular complexity index is 570. The number of benzene rings is 1. The quantitative estimate of drug-likeness (QED) is 0.468. The van der Waals surface area contributed by atoms with Gasteiger partial charge >= 0.3 is 0 Å². The van der Waals surface area contributed by atoms with E-state index in [-0.39, 0.29) is 5.56 Å². The minimum Gasteiger partial charge on any atom is -0.493 e. The molecule has 0 amide bonds. The van der Waals surface area contributed by atoms with Crippen LogP contribution in [0.15, 0.2) is 18.2 Å². The molecule has 0 aliphatic heterocycles. The lowest BCUT2D eigenvalue weighted by Crippen LogP contribution is -2.25. The Morgan fingerprint density at radius 3 is 2.11 bits per heavy atom. The highest BCUT2D eigenvalue weighted by Gasteiger charge is 2.31. The number of rotatable bonds is 7. The van der Waals surface area contributed by atoms with E-state index in [1.165, 1.54) is 51.4 Å². The van der Waals surface area contributed by atoms with Crippen molar-refractivity contribution in [2.75, 3.05) is 6.61 Å². The third-order valence-corrected chi connectivity index (χ3v) is 7.07. The zero-order chi connectivity index (χ0) is 19.2. The van der Waals surface area contributed by atoms with Gasteiger partial charge in [-0.2, -0.15) is 0 Å². The Morgan fingerprint density at radius 2 is 1.56 bits per heavy atom. The summed E-state index contributed by atoms with van der Waals surface area (Å²) in [4.78, 5) is 0. The van der Waals surface area contributed by atoms with E-state index in [9.17, 15) is 8.78 Å². The maximum absolute atomic E-state index is 13.4. The largest absolute Gasteiger partial charge is 0.493 e. The van der Waals surface area contributed by atoms with Crippen LogP contribution in [0, 0.1) is 17.8 Å². The molecule has 2 aliphatic rings. The zero-order valence-corrected chi connectivity index (χ0v) is 17.1. The first-order valence-corrected chi connectivity index (χ1v) is 11.2. The monoisotopic (exact) mass is 378 g/mol. The lowest BCUT2D eigenvalue weighted by molar-refractivity contribution is 0.145. The van der Waals surface area contributed by atoms with Crippen LogP contribution in [0.2, 0.25) is 0 Å². The number of halogens is 2. The van der Waals surface area contributed by atoms with Gasteiger partial charge in [-0.25, -0.2) is 8.78 Å². The van der Waals surface area contributed by atoms with Gasteiger partial charge in [0.1, 0.15) is 5.75 Å². The fraction of sp³-hybridized carbons (Fsp3) is 0.750. The van der Waals surface area contributed by atoms with Gasteiger partial charge in [-0.3, -0.25) is 0 Å². The third-order valence-electron chi connectivity index (χ3n) is 7.07. The first-order chi connectivity index (χ1) is 13.1. The number of alkyl halides is 2. The van der Waals surface area contributed by atoms with Crippen molar-refractivity contribution in [3.05, 3.63) is 29.3 Å². The van der Waals surface area contributed by atoms with Crippen LogP contribution in [0.3, 0.4) is 0 Å². The Balaban J connectivity index is 1.55. The van der Waals surface area contributed by atoms with Gasteiger partial charge in [-0.05, 0) is 86.8 Å². The highest BCUT2D eigenvalue weighted by molar-refractivity contribution is 5.39. The van der Waals surface area contributed by atoms with Gasteiger partial charge in [-0.15, -0.1) is 0 Å². The number of ether oxygens (including phenoxy) is 1. The van der Waals surface area contributed by atoms with Crippen LogP contribution in [-0.2, 0) is 0 Å². The fourth-order valence-electron chi connectivity index (χ4n) is 5.56. The van der Waals surface area contributed by atoms with Crippen molar-refractivity contribution in [1.29, 1.82) is 0 Å². The van der Waals surface area contributed by atoms with E-state index in [4.69, 9.17) is 4.74 Å². The SMILES string of the molecule is CCCC1CCC(C2CCC(c3ccc(OCC)c(C(F)F)c3)CC2)CC1. The molecule has 0 spiro atoms. The summed E-state index contributed by atoms with van der Waals surface area (Å²) in [5, 5.41) is 0. The molecule has 0 bridgehead atoms. The molecule has 2 aliphatic carbocycles. The van der Waals surface area contributed by atoms with Crippen molar-refractivity contribution in [1.82, 2.24) is 0 Å². The molecule has 1 nitrogen and oxygen atoms in total. The van der Waals surface area contributed by atoms with Crippen molar-refractivity contribution in [2.24, 2.45) is 17.8 Å². The zero-order valence-electron chi connectivity index (χ0n) is 17.1. The molecule has 0 saturated heterocycles. The predicted octanol–water partition coefficient (Wildman–Crippen LogP) is 7.90. The Morgan fingerprint density at radius 1 is 0.926 bits per heavy atom. The van der Waals surface area contributed by atoms with E-state index in [0.29, 0.717) is 18.3 Å². The van der Waals surface area contributed by atoms with Gasteiger partial charge in [0.25, 0.3) is 6.43 Å². The van der Waals surface area contributed by atoms with Crippen LogP contribution in [0.4, 0.5) is 8.78 Å². The van der Waals surface area contributed by atoms with Crippen molar-refractivity contribution >= 4 is 0 Å². The first-order valence-electron chi connectivity index (χ1n) is 11.2. The third kappa shape index (κ3) is 5.23. The van der Waals surface area contributed by atoms with Crippen LogP contribution in [-0.4, -0.2) is 6.61 Å². The molecule has 3 rings (SSSR count). The standard InChI is InChI=1S/C24H36F2O/c1-3-5-17-6-8-18(9-7-17)19-10-12-20(13-11-19)21-14-15-23(27-4-2)22(16-21)24(25)26/h14-20,24H,3-13H2,1-2H3. The molecule has 0 N–H and O–H groups in total. The summed E-state index contributed by atoms with van der Waals surface area (Å²) in [5.41, 5.74) is 1.14. The van der Waals surface area contributed by atoms with Gasteiger partial charge in [0.15, 0.2) is 0 Å². The van der Waals surface area contributed by atoms with Crippen LogP contribution in [0.5, 0.6) is 5.75 Å². The lowest BCUT2D eigenvalue weighted by Gasteiger charge is -2.38. The second-order valence-corrected chi connectivity index (χ2v) is 8.71. The van der Waals surface area contributed by atoms with Gasteiger partial charge in [0.2, 0.25) is 0 Å². The summed E-state index contributed by atoms with van der Waals surface area (Å²) in [6.45, 7) is 4.55. The molecular formula is C24H36F2O. The predicted molar refractivity (Wildman–Crippen MR) is 108 cm³/mol. The van der Waals surface area contributed by atoms with E-state index >= 15 is 0 Å². The van der Waals surface area contributed by atoms with E-state index in [1.54, 1.807) is 12.1 Å². The first kappa shape index (κ1) is 20.6. The smallest absolute Gasteiger partial charge is 0.267 e. The highest BCUT2D eigenvalue weighted by Crippen LogP contribution is 2.45. The van der Waals surface area contributed by atoms with Crippen molar-refractivity contribution in [2.45, 2.75) is 90.4 Å². The van der Waals surface area contributed by atoms with Gasteiger partial charge in [-0.1, -0.05) is 38.7 Å². The van der Waals surface area contributed by atoms with Crippen LogP contribution in [0.25, 0.3) is 0 Å². The Labute approximate surface area is 163 Å². The maximum Gasteiger partial charge on any atom is 0.267 e. The second-order valence-electron chi connectivity index (χ2n) is 8.71. The molecule has 3 heteroatoms. The van der Waals surface area contributed by atoms with Crippen LogP contribution < -0.4 is 4.74 Å². The molecule has 2 fully saturated rings. The molecule has 0 unspecified atom stereocenters. The molecule has 0 aromatic heterocycles. The van der Waals surface area contributed by atoms with E-state index in [0.717, 1.165) is 36.2 Å². The normalized spacial score (nSPS) is 29.1. The van der Waals surface area contributed by atoms with Gasteiger partial charge in [0.05, 0.1) is 12.2 Å². The summed E-state index contributed by atoms with van der Waals surface area (Å²) in [7, 11) is 0. The minimum atomic E-state index is -2.47. The molecule has 27 heavy (non-hydrogen) atoms. The summed E-state index contributed by atoms with van der Waals surface area (Å²) in [6, 6.07) is 5.47. The Kier molecular flexibility index (Phi) is 7.55. The molecular weight excluding hydrogens is 342 g/mol. The average molecular weight is 379 g/mol. The minimum absolute atomic E-state index is 0.0609. The molecule has 0 atom stereocenters. The molecule has 0 heterocycles. The van der Waals surface area contributed by atoms with Gasteiger partial charge < -0.3 is 4.74 Å². The summed E-state index contributed by atoms with van der Waals surface area (Å²) in [6.07, 6.45) is 10.8. The van der Waals surface area contributed by atoms with Crippen LogP contribution >= 0.6 is 0 Å². The van der Waals surface area contributed by atoms with Crippen molar-refractivity contribution < 1.29 is 13.5 Å². The number of hydrogen-bond donors (Lipinski definition) is 0. The molecule has 1 aromatic rings.